The minimum absolute atomic E-state index is 0.0687. The normalized spacial score (nSPS) is 20.4. The Balaban J connectivity index is 1.53. The summed E-state index contributed by atoms with van der Waals surface area (Å²) < 4.78 is 26.3. The Kier molecular flexibility index (Phi) is 8.49. The van der Waals surface area contributed by atoms with Gasteiger partial charge in [-0.3, -0.25) is 14.6 Å². The van der Waals surface area contributed by atoms with E-state index >= 15 is 0 Å². The van der Waals surface area contributed by atoms with Gasteiger partial charge in [0.25, 0.3) is 0 Å². The molecule has 2 aromatic rings. The number of likely N-dealkylation sites (N-methyl/N-ethyl adjacent to an activating group) is 1. The van der Waals surface area contributed by atoms with Gasteiger partial charge in [-0.2, -0.15) is 0 Å². The van der Waals surface area contributed by atoms with Gasteiger partial charge in [0.1, 0.15) is 31.6 Å². The van der Waals surface area contributed by atoms with Gasteiger partial charge >= 0.3 is 0 Å². The largest absolute Gasteiger partial charge is 0.488 e. The lowest BCUT2D eigenvalue weighted by atomic mass is 9.78. The second-order valence-corrected chi connectivity index (χ2v) is 9.51. The molecule has 2 heterocycles. The molecule has 9 heteroatoms. The minimum atomic E-state index is -2.07. The molecule has 2 fully saturated rings. The van der Waals surface area contributed by atoms with Gasteiger partial charge in [-0.05, 0) is 43.1 Å². The number of nitrogens with one attached hydrogen (secondary N) is 1. The quantitative estimate of drug-likeness (QED) is 0.404. The maximum atomic E-state index is 15.0. The smallest absolute Gasteiger partial charge is 0.241 e. The Labute approximate surface area is 219 Å². The highest BCUT2D eigenvalue weighted by atomic mass is 19.1. The summed E-state index contributed by atoms with van der Waals surface area (Å²) in [6.45, 7) is 11.2. The number of aliphatic hydroxyl groups is 1. The first-order chi connectivity index (χ1) is 17.7. The molecule has 37 heavy (non-hydrogen) atoms. The third kappa shape index (κ3) is 6.13. The molecule has 0 saturated carbocycles. The summed E-state index contributed by atoms with van der Waals surface area (Å²) in [5.41, 5.74) is 0.596. The second-order valence-electron chi connectivity index (χ2n) is 9.51. The van der Waals surface area contributed by atoms with Crippen molar-refractivity contribution >= 4 is 19.8 Å². The summed E-state index contributed by atoms with van der Waals surface area (Å²) in [6.07, 6.45) is 2.58. The number of morpholine rings is 1. The van der Waals surface area contributed by atoms with Gasteiger partial charge in [-0.25, -0.2) is 4.39 Å². The standard InChI is InChI=1S/C28H33BFN3O4/c1-4-21-6-5-7-25(26(21)28(29,35)32(3)24-11-8-19(2)31-27(24)34)37-18-22-10-9-20(16-23(22)30)17-33-12-14-36-15-13-33/h4-7,9-10,16,24,35H,1-2,8,11-15,17-18H2,3H3,(H,31,34). The van der Waals surface area contributed by atoms with Gasteiger partial charge in [-0.1, -0.05) is 43.5 Å². The molecular formula is C28H33BFN3O4. The minimum Gasteiger partial charge on any atom is -0.488 e. The first kappa shape index (κ1) is 27.1. The van der Waals surface area contributed by atoms with E-state index in [0.29, 0.717) is 49.4 Å². The predicted octanol–water partition coefficient (Wildman–Crippen LogP) is 2.88. The van der Waals surface area contributed by atoms with Crippen molar-refractivity contribution in [3.63, 3.8) is 0 Å². The maximum Gasteiger partial charge on any atom is 0.241 e. The Morgan fingerprint density at radius 2 is 2.11 bits per heavy atom. The van der Waals surface area contributed by atoms with E-state index in [0.717, 1.165) is 18.7 Å². The zero-order valence-electron chi connectivity index (χ0n) is 21.2. The van der Waals surface area contributed by atoms with E-state index in [1.165, 1.54) is 11.0 Å². The Bertz CT molecular complexity index is 1170. The van der Waals surface area contributed by atoms with Crippen LogP contribution in [-0.4, -0.2) is 68.1 Å². The van der Waals surface area contributed by atoms with Crippen LogP contribution < -0.4 is 10.1 Å². The number of hydrogen-bond donors (Lipinski definition) is 2. The van der Waals surface area contributed by atoms with E-state index in [2.05, 4.69) is 23.4 Å². The molecular weight excluding hydrogens is 472 g/mol. The number of benzene rings is 2. The Morgan fingerprint density at radius 3 is 2.78 bits per heavy atom. The third-order valence-corrected chi connectivity index (χ3v) is 6.98. The van der Waals surface area contributed by atoms with Crippen molar-refractivity contribution in [2.45, 2.75) is 37.7 Å². The molecule has 2 N–H and O–H groups in total. The van der Waals surface area contributed by atoms with Crippen LogP contribution in [0.4, 0.5) is 4.39 Å². The third-order valence-electron chi connectivity index (χ3n) is 6.98. The monoisotopic (exact) mass is 505 g/mol. The molecule has 2 radical (unpaired) electrons. The highest BCUT2D eigenvalue weighted by Crippen LogP contribution is 2.36. The van der Waals surface area contributed by atoms with Crippen LogP contribution in [0.25, 0.3) is 6.08 Å². The zero-order valence-corrected chi connectivity index (χ0v) is 21.2. The number of amides is 1. The lowest BCUT2D eigenvalue weighted by molar-refractivity contribution is -0.135. The number of hydrogen-bond acceptors (Lipinski definition) is 6. The molecule has 0 bridgehead atoms. The molecule has 4 rings (SSSR count). The van der Waals surface area contributed by atoms with Gasteiger partial charge in [0, 0.05) is 36.5 Å². The zero-order chi connectivity index (χ0) is 26.6. The van der Waals surface area contributed by atoms with Crippen LogP contribution in [0.3, 0.4) is 0 Å². The van der Waals surface area contributed by atoms with Crippen molar-refractivity contribution in [1.29, 1.82) is 0 Å². The fraction of sp³-hybridized carbons (Fsp3) is 0.393. The summed E-state index contributed by atoms with van der Waals surface area (Å²) in [6, 6.07) is 9.58. The van der Waals surface area contributed by atoms with Gasteiger partial charge in [-0.15, -0.1) is 0 Å². The summed E-state index contributed by atoms with van der Waals surface area (Å²) in [5.74, 6) is -0.390. The first-order valence-electron chi connectivity index (χ1n) is 12.4. The SMILES string of the molecule is [B]C(O)(c1c(C=C)cccc1OCc1ccc(CN2CCOCC2)cc1F)N(C)C1CCC(=C)NC1=O. The lowest BCUT2D eigenvalue weighted by Gasteiger charge is -2.42. The number of nitrogens with zero attached hydrogens (tertiary/aromatic N) is 2. The van der Waals surface area contributed by atoms with Crippen molar-refractivity contribution in [1.82, 2.24) is 15.1 Å². The van der Waals surface area contributed by atoms with Crippen molar-refractivity contribution in [3.8, 4) is 5.75 Å². The number of halogens is 1. The van der Waals surface area contributed by atoms with Crippen LogP contribution in [0.15, 0.2) is 55.3 Å². The number of carbonyl (C=O) groups is 1. The van der Waals surface area contributed by atoms with Crippen LogP contribution in [-0.2, 0) is 28.3 Å². The summed E-state index contributed by atoms with van der Waals surface area (Å²) in [5, 5.41) is 14.2. The molecule has 0 spiro atoms. The summed E-state index contributed by atoms with van der Waals surface area (Å²) >= 11 is 0. The van der Waals surface area contributed by atoms with Crippen LogP contribution in [0, 0.1) is 5.82 Å². The average molecular weight is 505 g/mol. The van der Waals surface area contributed by atoms with Crippen molar-refractivity contribution in [3.05, 3.63) is 83.3 Å². The molecule has 2 aliphatic heterocycles. The molecule has 7 nitrogen and oxygen atoms in total. The molecule has 2 atom stereocenters. The molecule has 0 aromatic heterocycles. The van der Waals surface area contributed by atoms with E-state index in [1.54, 1.807) is 37.4 Å². The summed E-state index contributed by atoms with van der Waals surface area (Å²) in [7, 11) is 8.04. The fourth-order valence-electron chi connectivity index (χ4n) is 4.76. The molecule has 2 aromatic carbocycles. The fourth-order valence-corrected chi connectivity index (χ4v) is 4.76. The number of carbonyl (C=O) groups excluding carboxylic acids is 1. The number of rotatable bonds is 9. The molecule has 1 amide bonds. The van der Waals surface area contributed by atoms with Gasteiger partial charge in [0.15, 0.2) is 0 Å². The lowest BCUT2D eigenvalue weighted by Crippen LogP contribution is -2.57. The average Bonchev–Trinajstić information content (AvgIpc) is 2.88. The summed E-state index contributed by atoms with van der Waals surface area (Å²) in [4.78, 5) is 16.2. The Morgan fingerprint density at radius 1 is 1.35 bits per heavy atom. The molecule has 0 aliphatic carbocycles. The second kappa shape index (κ2) is 11.6. The molecule has 194 valence electrons. The molecule has 2 aliphatic rings. The van der Waals surface area contributed by atoms with Crippen LogP contribution >= 0.6 is 0 Å². The number of ether oxygens (including phenoxy) is 2. The topological polar surface area (TPSA) is 74.3 Å². The highest BCUT2D eigenvalue weighted by Gasteiger charge is 2.40. The van der Waals surface area contributed by atoms with E-state index in [4.69, 9.17) is 17.3 Å². The van der Waals surface area contributed by atoms with E-state index in [9.17, 15) is 14.3 Å². The van der Waals surface area contributed by atoms with Crippen LogP contribution in [0.5, 0.6) is 5.75 Å². The van der Waals surface area contributed by atoms with Gasteiger partial charge in [0.05, 0.1) is 19.3 Å². The van der Waals surface area contributed by atoms with E-state index in [-0.39, 0.29) is 29.6 Å². The van der Waals surface area contributed by atoms with Crippen LogP contribution in [0.2, 0.25) is 0 Å². The van der Waals surface area contributed by atoms with Crippen molar-refractivity contribution < 1.29 is 23.8 Å². The molecule has 2 saturated heterocycles. The van der Waals surface area contributed by atoms with Crippen molar-refractivity contribution in [2.24, 2.45) is 0 Å². The number of allylic oxidation sites excluding steroid dienone is 1. The molecule has 2 unspecified atom stereocenters. The predicted molar refractivity (Wildman–Crippen MR) is 141 cm³/mol. The van der Waals surface area contributed by atoms with Gasteiger partial charge in [0.2, 0.25) is 5.91 Å². The van der Waals surface area contributed by atoms with E-state index in [1.807, 2.05) is 6.07 Å². The van der Waals surface area contributed by atoms with Crippen LogP contribution in [0.1, 0.15) is 35.1 Å². The van der Waals surface area contributed by atoms with Gasteiger partial charge < -0.3 is 19.9 Å². The Hall–Kier alpha value is -2.98. The van der Waals surface area contributed by atoms with E-state index < -0.39 is 11.7 Å². The highest BCUT2D eigenvalue weighted by molar-refractivity contribution is 6.15. The first-order valence-corrected chi connectivity index (χ1v) is 12.4. The van der Waals surface area contributed by atoms with Crippen molar-refractivity contribution in [2.75, 3.05) is 33.4 Å². The number of piperidine rings is 1. The maximum absolute atomic E-state index is 15.0.